The number of benzene rings is 1. The number of aliphatic hydroxyl groups excluding tert-OH is 1. The highest BCUT2D eigenvalue weighted by Crippen LogP contribution is 2.29. The van der Waals surface area contributed by atoms with Crippen LogP contribution >= 0.6 is 35.3 Å². The second kappa shape index (κ2) is 10.1. The van der Waals surface area contributed by atoms with Gasteiger partial charge in [-0.2, -0.15) is 0 Å². The number of ether oxygens (including phenoxy) is 1. The lowest BCUT2D eigenvalue weighted by Gasteiger charge is -2.20. The number of guanidine groups is 1. The first-order valence-corrected chi connectivity index (χ1v) is 9.45. The summed E-state index contributed by atoms with van der Waals surface area (Å²) in [7, 11) is 1.68. The van der Waals surface area contributed by atoms with Crippen LogP contribution in [0.25, 0.3) is 10.4 Å². The summed E-state index contributed by atoms with van der Waals surface area (Å²) in [5.41, 5.74) is 1.19. The van der Waals surface area contributed by atoms with Crippen molar-refractivity contribution in [2.75, 3.05) is 26.7 Å². The molecule has 5 nitrogen and oxygen atoms in total. The van der Waals surface area contributed by atoms with E-state index in [-0.39, 0.29) is 30.1 Å². The Morgan fingerprint density at radius 3 is 2.69 bits per heavy atom. The van der Waals surface area contributed by atoms with Gasteiger partial charge in [0.1, 0.15) is 5.75 Å². The first-order valence-electron chi connectivity index (χ1n) is 8.64. The van der Waals surface area contributed by atoms with E-state index in [1.54, 1.807) is 18.4 Å². The highest BCUT2D eigenvalue weighted by molar-refractivity contribution is 14.0. The molecular weight excluding hydrogens is 461 g/mol. The number of methoxy groups -OCH3 is 1. The van der Waals surface area contributed by atoms with Crippen molar-refractivity contribution in [2.24, 2.45) is 4.99 Å². The van der Waals surface area contributed by atoms with Crippen LogP contribution in [0.5, 0.6) is 5.75 Å². The Morgan fingerprint density at radius 1 is 1.31 bits per heavy atom. The summed E-state index contributed by atoms with van der Waals surface area (Å²) < 4.78 is 5.21. The molecule has 1 saturated heterocycles. The van der Waals surface area contributed by atoms with E-state index < -0.39 is 0 Å². The molecule has 0 aliphatic carbocycles. The Labute approximate surface area is 176 Å². The van der Waals surface area contributed by atoms with Gasteiger partial charge in [0, 0.05) is 29.4 Å². The predicted octanol–water partition coefficient (Wildman–Crippen LogP) is 3.57. The maximum absolute atomic E-state index is 9.74. The number of halogens is 1. The molecule has 1 aromatic heterocycles. The number of nitrogens with zero attached hydrogens (tertiary/aromatic N) is 2. The molecule has 3 rings (SSSR count). The van der Waals surface area contributed by atoms with Crippen molar-refractivity contribution in [3.63, 3.8) is 0 Å². The molecule has 0 saturated carbocycles. The highest BCUT2D eigenvalue weighted by atomic mass is 127. The standard InChI is InChI=1S/C19H25N3O2S.HI/c1-3-20-19(22-11-10-15(23)13-22)21-12-17-8-9-18(25-17)14-4-6-16(24-2)7-5-14;/h4-9,15,23H,3,10-13H2,1-2H3,(H,20,21);1H/t15-;/m1./s1. The normalized spacial score (nSPS) is 17.1. The van der Waals surface area contributed by atoms with Crippen molar-refractivity contribution in [3.05, 3.63) is 41.3 Å². The third kappa shape index (κ3) is 5.34. The molecule has 2 aromatic rings. The number of thiophene rings is 1. The van der Waals surface area contributed by atoms with Crippen molar-refractivity contribution >= 4 is 41.3 Å². The number of hydrogen-bond acceptors (Lipinski definition) is 4. The maximum atomic E-state index is 9.74. The Bertz CT molecular complexity index is 718. The number of aliphatic imine (C=N–C) groups is 1. The molecule has 0 unspecified atom stereocenters. The van der Waals surface area contributed by atoms with E-state index in [9.17, 15) is 5.11 Å². The number of nitrogens with one attached hydrogen (secondary N) is 1. The Morgan fingerprint density at radius 2 is 2.08 bits per heavy atom. The van der Waals surface area contributed by atoms with Gasteiger partial charge in [-0.25, -0.2) is 4.99 Å². The topological polar surface area (TPSA) is 57.1 Å². The van der Waals surface area contributed by atoms with Crippen LogP contribution in [0, 0.1) is 0 Å². The first kappa shape index (κ1) is 21.0. The largest absolute Gasteiger partial charge is 0.497 e. The zero-order valence-electron chi connectivity index (χ0n) is 15.1. The highest BCUT2D eigenvalue weighted by Gasteiger charge is 2.22. The summed E-state index contributed by atoms with van der Waals surface area (Å²) in [6, 6.07) is 12.4. The van der Waals surface area contributed by atoms with Gasteiger partial charge in [-0.05, 0) is 55.3 Å². The quantitative estimate of drug-likeness (QED) is 0.385. The summed E-state index contributed by atoms with van der Waals surface area (Å²) >= 11 is 1.76. The minimum Gasteiger partial charge on any atom is -0.497 e. The fraction of sp³-hybridized carbons (Fsp3) is 0.421. The molecule has 26 heavy (non-hydrogen) atoms. The fourth-order valence-electron chi connectivity index (χ4n) is 2.89. The van der Waals surface area contributed by atoms with E-state index >= 15 is 0 Å². The third-order valence-electron chi connectivity index (χ3n) is 4.22. The van der Waals surface area contributed by atoms with Crippen molar-refractivity contribution < 1.29 is 9.84 Å². The van der Waals surface area contributed by atoms with Gasteiger partial charge in [-0.3, -0.25) is 0 Å². The van der Waals surface area contributed by atoms with E-state index in [2.05, 4.69) is 41.4 Å². The SMILES string of the molecule is CCNC(=NCc1ccc(-c2ccc(OC)cc2)s1)N1CC[C@@H](O)C1.I. The van der Waals surface area contributed by atoms with Gasteiger partial charge in [0.2, 0.25) is 0 Å². The van der Waals surface area contributed by atoms with Gasteiger partial charge in [-0.1, -0.05) is 0 Å². The second-order valence-corrected chi connectivity index (χ2v) is 7.22. The van der Waals surface area contributed by atoms with Gasteiger partial charge < -0.3 is 20.1 Å². The van der Waals surface area contributed by atoms with E-state index in [0.717, 1.165) is 31.2 Å². The van der Waals surface area contributed by atoms with Crippen LogP contribution in [-0.2, 0) is 6.54 Å². The first-order chi connectivity index (χ1) is 12.2. The van der Waals surface area contributed by atoms with Crippen LogP contribution in [0.3, 0.4) is 0 Å². The van der Waals surface area contributed by atoms with E-state index in [1.165, 1.54) is 15.3 Å². The lowest BCUT2D eigenvalue weighted by Crippen LogP contribution is -2.40. The van der Waals surface area contributed by atoms with Crippen molar-refractivity contribution in [3.8, 4) is 16.2 Å². The molecule has 1 atom stereocenters. The van der Waals surface area contributed by atoms with Crippen LogP contribution in [0.15, 0.2) is 41.4 Å². The molecule has 1 aliphatic rings. The van der Waals surface area contributed by atoms with Crippen molar-refractivity contribution in [2.45, 2.75) is 26.0 Å². The van der Waals surface area contributed by atoms with Crippen LogP contribution in [0.4, 0.5) is 0 Å². The van der Waals surface area contributed by atoms with Gasteiger partial charge in [0.15, 0.2) is 5.96 Å². The fourth-order valence-corrected chi connectivity index (χ4v) is 3.82. The number of hydrogen-bond donors (Lipinski definition) is 2. The van der Waals surface area contributed by atoms with Crippen molar-refractivity contribution in [1.82, 2.24) is 10.2 Å². The van der Waals surface area contributed by atoms with Gasteiger partial charge in [-0.15, -0.1) is 35.3 Å². The van der Waals surface area contributed by atoms with E-state index in [4.69, 9.17) is 9.73 Å². The average molecular weight is 487 g/mol. The average Bonchev–Trinajstić information content (AvgIpc) is 3.28. The van der Waals surface area contributed by atoms with Crippen LogP contribution in [-0.4, -0.2) is 48.8 Å². The molecule has 2 N–H and O–H groups in total. The number of aliphatic hydroxyl groups is 1. The lowest BCUT2D eigenvalue weighted by atomic mass is 10.2. The lowest BCUT2D eigenvalue weighted by molar-refractivity contribution is 0.188. The minimum atomic E-state index is -0.243. The summed E-state index contributed by atoms with van der Waals surface area (Å²) in [4.78, 5) is 9.33. The number of rotatable bonds is 5. The molecule has 0 radical (unpaired) electrons. The molecule has 7 heteroatoms. The predicted molar refractivity (Wildman–Crippen MR) is 119 cm³/mol. The Kier molecular flexibility index (Phi) is 8.17. The molecule has 1 fully saturated rings. The summed E-state index contributed by atoms with van der Waals surface area (Å²) in [5.74, 6) is 1.76. The van der Waals surface area contributed by atoms with E-state index in [1.807, 2.05) is 12.1 Å². The third-order valence-corrected chi connectivity index (χ3v) is 5.34. The summed E-state index contributed by atoms with van der Waals surface area (Å²) in [6.07, 6.45) is 0.567. The molecule has 142 valence electrons. The molecular formula is C19H26IN3O2S. The van der Waals surface area contributed by atoms with E-state index in [0.29, 0.717) is 13.1 Å². The number of β-amino-alcohol motifs (C(OH)–C–C–N with tert-alkyl or cyclic N) is 1. The van der Waals surface area contributed by atoms with Crippen LogP contribution in [0.1, 0.15) is 18.2 Å². The second-order valence-electron chi connectivity index (χ2n) is 6.05. The van der Waals surface area contributed by atoms with Gasteiger partial charge >= 0.3 is 0 Å². The molecule has 2 heterocycles. The van der Waals surface area contributed by atoms with Gasteiger partial charge in [0.25, 0.3) is 0 Å². The molecule has 1 aromatic carbocycles. The molecule has 1 aliphatic heterocycles. The zero-order valence-corrected chi connectivity index (χ0v) is 18.3. The minimum absolute atomic E-state index is 0. The molecule has 0 bridgehead atoms. The van der Waals surface area contributed by atoms with Crippen LogP contribution in [0.2, 0.25) is 0 Å². The monoisotopic (exact) mass is 487 g/mol. The smallest absolute Gasteiger partial charge is 0.194 e. The summed E-state index contributed by atoms with van der Waals surface area (Å²) in [5, 5.41) is 13.1. The summed E-state index contributed by atoms with van der Waals surface area (Å²) in [6.45, 7) is 5.06. The molecule has 0 spiro atoms. The number of likely N-dealkylation sites (tertiary alicyclic amines) is 1. The Hall–Kier alpha value is -1.32. The van der Waals surface area contributed by atoms with Crippen LogP contribution < -0.4 is 10.1 Å². The Balaban J connectivity index is 0.00000243. The molecule has 0 amide bonds. The van der Waals surface area contributed by atoms with Crippen molar-refractivity contribution in [1.29, 1.82) is 0 Å². The van der Waals surface area contributed by atoms with Gasteiger partial charge in [0.05, 0.1) is 19.8 Å². The zero-order chi connectivity index (χ0) is 17.6. The maximum Gasteiger partial charge on any atom is 0.194 e.